The van der Waals surface area contributed by atoms with Gasteiger partial charge in [0.05, 0.1) is 5.56 Å². The van der Waals surface area contributed by atoms with Gasteiger partial charge < -0.3 is 17.3 Å². The summed E-state index contributed by atoms with van der Waals surface area (Å²) in [7, 11) is 3.49. The molecule has 1 amide bonds. The van der Waals surface area contributed by atoms with Gasteiger partial charge in [0.25, 0.3) is 5.91 Å². The summed E-state index contributed by atoms with van der Waals surface area (Å²) in [6.45, 7) is 0.758. The Morgan fingerprint density at radius 1 is 1.10 bits per heavy atom. The number of carbonyl (C=O) groups is 1. The molecule has 20 heavy (non-hydrogen) atoms. The first-order chi connectivity index (χ1) is 9.06. The number of carbonyl (C=O) groups excluding carboxylic acids is 1. The number of nitrogens with zero attached hydrogens (tertiary/aromatic N) is 2. The van der Waals surface area contributed by atoms with E-state index in [9.17, 15) is 4.79 Å². The molecule has 2 rings (SSSR count). The number of benzene rings is 1. The molecule has 0 radical (unpaired) electrons. The SMILES string of the molecule is CN(C)C(=O)c1cc[n+](Cc2ccc(Cl)cc2)cc1.[Cl-]. The molecule has 1 aromatic heterocycles. The third kappa shape index (κ3) is 4.22. The lowest BCUT2D eigenvalue weighted by Gasteiger charge is -2.09. The van der Waals surface area contributed by atoms with Gasteiger partial charge in [0.1, 0.15) is 0 Å². The van der Waals surface area contributed by atoms with Crippen molar-refractivity contribution < 1.29 is 21.8 Å². The highest BCUT2D eigenvalue weighted by Gasteiger charge is 2.10. The summed E-state index contributed by atoms with van der Waals surface area (Å²) < 4.78 is 2.02. The second-order valence-corrected chi connectivity index (χ2v) is 5.02. The highest BCUT2D eigenvalue weighted by atomic mass is 35.5. The van der Waals surface area contributed by atoms with Crippen LogP contribution in [0.25, 0.3) is 0 Å². The predicted molar refractivity (Wildman–Crippen MR) is 75.2 cm³/mol. The van der Waals surface area contributed by atoms with Gasteiger partial charge in [-0.1, -0.05) is 23.7 Å². The van der Waals surface area contributed by atoms with E-state index in [1.54, 1.807) is 19.0 Å². The second-order valence-electron chi connectivity index (χ2n) is 4.59. The highest BCUT2D eigenvalue weighted by molar-refractivity contribution is 6.30. The molecule has 0 unspecified atom stereocenters. The Hall–Kier alpha value is -1.58. The third-order valence-electron chi connectivity index (χ3n) is 2.82. The molecule has 0 bridgehead atoms. The molecule has 0 saturated heterocycles. The van der Waals surface area contributed by atoms with Gasteiger partial charge in [0.2, 0.25) is 0 Å². The summed E-state index contributed by atoms with van der Waals surface area (Å²) in [5.41, 5.74) is 1.86. The van der Waals surface area contributed by atoms with Crippen LogP contribution in [-0.4, -0.2) is 24.9 Å². The molecule has 1 aromatic carbocycles. The summed E-state index contributed by atoms with van der Waals surface area (Å²) >= 11 is 5.85. The number of hydrogen-bond acceptors (Lipinski definition) is 1. The zero-order valence-electron chi connectivity index (χ0n) is 11.4. The van der Waals surface area contributed by atoms with Crippen LogP contribution in [0.2, 0.25) is 5.02 Å². The second kappa shape index (κ2) is 7.27. The van der Waals surface area contributed by atoms with Gasteiger partial charge in [-0.3, -0.25) is 4.79 Å². The number of rotatable bonds is 3. The van der Waals surface area contributed by atoms with E-state index in [1.165, 1.54) is 5.56 Å². The molecule has 0 saturated carbocycles. The Morgan fingerprint density at radius 3 is 2.15 bits per heavy atom. The van der Waals surface area contributed by atoms with E-state index in [0.717, 1.165) is 11.6 Å². The van der Waals surface area contributed by atoms with Crippen LogP contribution in [0.5, 0.6) is 0 Å². The molecule has 0 fully saturated rings. The molecular weight excluding hydrogens is 295 g/mol. The van der Waals surface area contributed by atoms with Crippen LogP contribution in [0, 0.1) is 0 Å². The summed E-state index contributed by atoms with van der Waals surface area (Å²) in [6, 6.07) is 11.4. The van der Waals surface area contributed by atoms with E-state index >= 15 is 0 Å². The molecule has 1 heterocycles. The van der Waals surface area contributed by atoms with Crippen molar-refractivity contribution in [2.24, 2.45) is 0 Å². The molecular formula is C15H16Cl2N2O. The molecule has 0 aliphatic carbocycles. The fraction of sp³-hybridized carbons (Fsp3) is 0.200. The lowest BCUT2D eigenvalue weighted by atomic mass is 10.2. The summed E-state index contributed by atoms with van der Waals surface area (Å²) in [4.78, 5) is 13.3. The average Bonchev–Trinajstić information content (AvgIpc) is 2.41. The monoisotopic (exact) mass is 310 g/mol. The minimum absolute atomic E-state index is 0. The van der Waals surface area contributed by atoms with Gasteiger partial charge in [0, 0.05) is 36.8 Å². The third-order valence-corrected chi connectivity index (χ3v) is 3.07. The van der Waals surface area contributed by atoms with Crippen molar-refractivity contribution in [2.45, 2.75) is 6.54 Å². The Morgan fingerprint density at radius 2 is 1.65 bits per heavy atom. The molecule has 5 heteroatoms. The molecule has 0 aliphatic heterocycles. The Balaban J connectivity index is 0.00000200. The summed E-state index contributed by atoms with van der Waals surface area (Å²) in [5.74, 6) is 0.0126. The lowest BCUT2D eigenvalue weighted by Crippen LogP contribution is -3.00. The number of hydrogen-bond donors (Lipinski definition) is 0. The van der Waals surface area contributed by atoms with E-state index in [-0.39, 0.29) is 18.3 Å². The van der Waals surface area contributed by atoms with Gasteiger partial charge in [-0.25, -0.2) is 4.57 Å². The minimum atomic E-state index is 0. The van der Waals surface area contributed by atoms with E-state index < -0.39 is 0 Å². The Labute approximate surface area is 130 Å². The number of aromatic nitrogens is 1. The first kappa shape index (κ1) is 16.5. The first-order valence-corrected chi connectivity index (χ1v) is 6.39. The maximum atomic E-state index is 11.8. The van der Waals surface area contributed by atoms with Crippen molar-refractivity contribution in [3.05, 3.63) is 64.9 Å². The van der Waals surface area contributed by atoms with Crippen molar-refractivity contribution in [1.82, 2.24) is 4.90 Å². The van der Waals surface area contributed by atoms with Gasteiger partial charge in [-0.15, -0.1) is 0 Å². The number of pyridine rings is 1. The van der Waals surface area contributed by atoms with Crippen LogP contribution in [0.4, 0.5) is 0 Å². The topological polar surface area (TPSA) is 24.2 Å². The van der Waals surface area contributed by atoms with Gasteiger partial charge in [-0.05, 0) is 12.1 Å². The normalized spacial score (nSPS) is 9.75. The van der Waals surface area contributed by atoms with Crippen LogP contribution >= 0.6 is 11.6 Å². The van der Waals surface area contributed by atoms with Gasteiger partial charge in [0.15, 0.2) is 18.9 Å². The van der Waals surface area contributed by atoms with Crippen molar-refractivity contribution in [2.75, 3.05) is 14.1 Å². The van der Waals surface area contributed by atoms with Gasteiger partial charge >= 0.3 is 0 Å². The van der Waals surface area contributed by atoms with Crippen molar-refractivity contribution in [3.8, 4) is 0 Å². The maximum absolute atomic E-state index is 11.8. The average molecular weight is 311 g/mol. The Kier molecular flexibility index (Phi) is 5.99. The molecule has 0 N–H and O–H groups in total. The van der Waals surface area contributed by atoms with Crippen molar-refractivity contribution in [3.63, 3.8) is 0 Å². The smallest absolute Gasteiger partial charge is 0.253 e. The van der Waals surface area contributed by atoms with E-state index in [2.05, 4.69) is 0 Å². The quantitative estimate of drug-likeness (QED) is 0.694. The summed E-state index contributed by atoms with van der Waals surface area (Å²) in [5, 5.41) is 0.737. The van der Waals surface area contributed by atoms with Crippen molar-refractivity contribution >= 4 is 17.5 Å². The molecule has 0 atom stereocenters. The van der Waals surface area contributed by atoms with Crippen LogP contribution in [-0.2, 0) is 6.54 Å². The molecule has 2 aromatic rings. The van der Waals surface area contributed by atoms with Crippen LogP contribution in [0.3, 0.4) is 0 Å². The summed E-state index contributed by atoms with van der Waals surface area (Å²) in [6.07, 6.45) is 3.82. The Bertz CT molecular complexity index is 565. The van der Waals surface area contributed by atoms with Crippen molar-refractivity contribution in [1.29, 1.82) is 0 Å². The highest BCUT2D eigenvalue weighted by Crippen LogP contribution is 2.09. The van der Waals surface area contributed by atoms with Crippen LogP contribution in [0.1, 0.15) is 15.9 Å². The zero-order valence-corrected chi connectivity index (χ0v) is 12.9. The molecule has 106 valence electrons. The fourth-order valence-electron chi connectivity index (χ4n) is 1.76. The largest absolute Gasteiger partial charge is 1.00 e. The van der Waals surface area contributed by atoms with Crippen LogP contribution < -0.4 is 17.0 Å². The van der Waals surface area contributed by atoms with E-state index in [0.29, 0.717) is 5.56 Å². The molecule has 0 aliphatic rings. The first-order valence-electron chi connectivity index (χ1n) is 6.01. The van der Waals surface area contributed by atoms with E-state index in [4.69, 9.17) is 11.6 Å². The maximum Gasteiger partial charge on any atom is 0.253 e. The lowest BCUT2D eigenvalue weighted by molar-refractivity contribution is -0.688. The van der Waals surface area contributed by atoms with Gasteiger partial charge in [-0.2, -0.15) is 0 Å². The fourth-order valence-corrected chi connectivity index (χ4v) is 1.89. The van der Waals surface area contributed by atoms with E-state index in [1.807, 2.05) is 53.4 Å². The predicted octanol–water partition coefficient (Wildman–Crippen LogP) is -0.618. The number of halogens is 2. The van der Waals surface area contributed by atoms with Crippen LogP contribution in [0.15, 0.2) is 48.8 Å². The standard InChI is InChI=1S/C15H16ClN2O.ClH/c1-17(2)15(19)13-7-9-18(10-8-13)11-12-3-5-14(16)6-4-12;/h3-10H,11H2,1-2H3;1H/q+1;/p-1. The number of amides is 1. The minimum Gasteiger partial charge on any atom is -1.00 e. The zero-order chi connectivity index (χ0) is 13.8. The molecule has 0 spiro atoms. The molecule has 3 nitrogen and oxygen atoms in total.